The number of ether oxygens (including phenoxy) is 3. The molecule has 1 atom stereocenters. The van der Waals surface area contributed by atoms with Crippen molar-refractivity contribution in [2.45, 2.75) is 18.4 Å². The zero-order chi connectivity index (χ0) is 15.6. The average Bonchev–Trinajstić information content (AvgIpc) is 2.43. The summed E-state index contributed by atoms with van der Waals surface area (Å²) < 4.78 is 13.4. The van der Waals surface area contributed by atoms with E-state index >= 15 is 0 Å². The highest BCUT2D eigenvalue weighted by Crippen LogP contribution is 2.24. The molecule has 9 nitrogen and oxygen atoms in total. The summed E-state index contributed by atoms with van der Waals surface area (Å²) in [6, 6.07) is 0. The molecular weight excluding hydrogens is 276 g/mol. The molecular formula is C11H16O9. The van der Waals surface area contributed by atoms with Gasteiger partial charge >= 0.3 is 17.9 Å². The standard InChI is InChI=1S/C11H16O9/c1-16-8(13)6-11(20-18-3,10(15)17-2)7-9(14)19-5-4-12/h4H,5-7H2,1-3H3. The van der Waals surface area contributed by atoms with Crippen molar-refractivity contribution >= 4 is 24.2 Å². The van der Waals surface area contributed by atoms with Gasteiger partial charge in [-0.1, -0.05) is 0 Å². The van der Waals surface area contributed by atoms with Gasteiger partial charge in [0.05, 0.1) is 34.2 Å². The van der Waals surface area contributed by atoms with Gasteiger partial charge in [-0.05, 0) is 0 Å². The molecule has 0 saturated carbocycles. The predicted molar refractivity (Wildman–Crippen MR) is 61.1 cm³/mol. The van der Waals surface area contributed by atoms with Crippen LogP contribution in [0.2, 0.25) is 0 Å². The first-order chi connectivity index (χ1) is 9.45. The number of rotatable bonds is 9. The van der Waals surface area contributed by atoms with Crippen LogP contribution in [0.3, 0.4) is 0 Å². The smallest absolute Gasteiger partial charge is 0.342 e. The molecule has 20 heavy (non-hydrogen) atoms. The molecule has 0 fully saturated rings. The van der Waals surface area contributed by atoms with E-state index in [1.54, 1.807) is 0 Å². The molecule has 0 radical (unpaired) electrons. The first kappa shape index (κ1) is 18.0. The highest BCUT2D eigenvalue weighted by atomic mass is 17.2. The lowest BCUT2D eigenvalue weighted by Gasteiger charge is -2.26. The lowest BCUT2D eigenvalue weighted by Crippen LogP contribution is -2.46. The van der Waals surface area contributed by atoms with Crippen molar-refractivity contribution in [3.63, 3.8) is 0 Å². The number of aldehydes is 1. The molecule has 0 amide bonds. The summed E-state index contributed by atoms with van der Waals surface area (Å²) in [6.45, 7) is -0.485. The van der Waals surface area contributed by atoms with Gasteiger partial charge in [0.15, 0.2) is 6.29 Å². The SMILES string of the molecule is COOC(CC(=O)OC)(CC(=O)OCC=O)C(=O)OC. The summed E-state index contributed by atoms with van der Waals surface area (Å²) in [5.74, 6) is -2.79. The van der Waals surface area contributed by atoms with Crippen LogP contribution in [0.5, 0.6) is 0 Å². The first-order valence-electron chi connectivity index (χ1n) is 5.42. The Morgan fingerprint density at radius 2 is 1.60 bits per heavy atom. The van der Waals surface area contributed by atoms with Crippen LogP contribution in [0, 0.1) is 0 Å². The van der Waals surface area contributed by atoms with Crippen LogP contribution in [-0.4, -0.2) is 57.7 Å². The van der Waals surface area contributed by atoms with E-state index in [0.717, 1.165) is 21.3 Å². The van der Waals surface area contributed by atoms with Crippen LogP contribution >= 0.6 is 0 Å². The second-order valence-electron chi connectivity index (χ2n) is 3.52. The second-order valence-corrected chi connectivity index (χ2v) is 3.52. The van der Waals surface area contributed by atoms with E-state index in [2.05, 4.69) is 19.1 Å². The van der Waals surface area contributed by atoms with E-state index in [4.69, 9.17) is 4.89 Å². The molecule has 0 rings (SSSR count). The van der Waals surface area contributed by atoms with Crippen LogP contribution in [0.1, 0.15) is 12.8 Å². The van der Waals surface area contributed by atoms with Gasteiger partial charge in [-0.2, -0.15) is 0 Å². The van der Waals surface area contributed by atoms with Gasteiger partial charge < -0.3 is 14.2 Å². The Hall–Kier alpha value is -2.00. The van der Waals surface area contributed by atoms with Crippen molar-refractivity contribution in [1.29, 1.82) is 0 Å². The molecule has 9 heteroatoms. The number of methoxy groups -OCH3 is 2. The molecule has 114 valence electrons. The molecule has 0 saturated heterocycles. The van der Waals surface area contributed by atoms with E-state index in [-0.39, 0.29) is 0 Å². The Labute approximate surface area is 115 Å². The second kappa shape index (κ2) is 8.99. The van der Waals surface area contributed by atoms with Crippen LogP contribution in [-0.2, 0) is 43.2 Å². The van der Waals surface area contributed by atoms with E-state index < -0.39 is 43.0 Å². The van der Waals surface area contributed by atoms with E-state index in [9.17, 15) is 19.2 Å². The third-order valence-electron chi connectivity index (χ3n) is 2.20. The summed E-state index contributed by atoms with van der Waals surface area (Å²) in [5.41, 5.74) is -2.05. The number of hydrogen-bond donors (Lipinski definition) is 0. The number of esters is 3. The van der Waals surface area contributed by atoms with Crippen molar-refractivity contribution in [2.24, 2.45) is 0 Å². The summed E-state index contributed by atoms with van der Waals surface area (Å²) >= 11 is 0. The predicted octanol–water partition coefficient (Wildman–Crippen LogP) is -0.828. The molecule has 0 N–H and O–H groups in total. The molecule has 0 spiro atoms. The molecule has 0 bridgehead atoms. The van der Waals surface area contributed by atoms with Crippen molar-refractivity contribution < 1.29 is 43.2 Å². The van der Waals surface area contributed by atoms with Crippen molar-refractivity contribution in [3.05, 3.63) is 0 Å². The maximum absolute atomic E-state index is 11.8. The van der Waals surface area contributed by atoms with E-state index in [1.165, 1.54) is 0 Å². The van der Waals surface area contributed by atoms with E-state index in [1.807, 2.05) is 0 Å². The Morgan fingerprint density at radius 3 is 2.05 bits per heavy atom. The lowest BCUT2D eigenvalue weighted by atomic mass is 9.95. The summed E-state index contributed by atoms with van der Waals surface area (Å²) in [4.78, 5) is 53.9. The van der Waals surface area contributed by atoms with Crippen LogP contribution in [0.25, 0.3) is 0 Å². The fraction of sp³-hybridized carbons (Fsp3) is 0.636. The first-order valence-corrected chi connectivity index (χ1v) is 5.42. The van der Waals surface area contributed by atoms with Crippen LogP contribution < -0.4 is 0 Å². The van der Waals surface area contributed by atoms with Gasteiger partial charge in [0.2, 0.25) is 5.60 Å². The molecule has 0 aliphatic heterocycles. The lowest BCUT2D eigenvalue weighted by molar-refractivity contribution is -0.339. The summed E-state index contributed by atoms with van der Waals surface area (Å²) in [7, 11) is 3.23. The largest absolute Gasteiger partial charge is 0.469 e. The van der Waals surface area contributed by atoms with Gasteiger partial charge in [-0.3, -0.25) is 14.4 Å². The zero-order valence-corrected chi connectivity index (χ0v) is 11.4. The number of hydrogen-bond acceptors (Lipinski definition) is 9. The Morgan fingerprint density at radius 1 is 1.00 bits per heavy atom. The quantitative estimate of drug-likeness (QED) is 0.176. The molecule has 0 aromatic heterocycles. The molecule has 1 unspecified atom stereocenters. The third kappa shape index (κ3) is 5.33. The maximum Gasteiger partial charge on any atom is 0.342 e. The fourth-order valence-corrected chi connectivity index (χ4v) is 1.36. The summed E-state index contributed by atoms with van der Waals surface area (Å²) in [6.07, 6.45) is -0.953. The Bertz CT molecular complexity index is 365. The van der Waals surface area contributed by atoms with Crippen molar-refractivity contribution in [2.75, 3.05) is 27.9 Å². The highest BCUT2D eigenvalue weighted by molar-refractivity contribution is 5.90. The molecule has 0 aliphatic rings. The Kier molecular flexibility index (Phi) is 8.09. The molecule has 0 aromatic carbocycles. The van der Waals surface area contributed by atoms with Gasteiger partial charge in [0, 0.05) is 0 Å². The number of carbonyl (C=O) groups excluding carboxylic acids is 4. The fourth-order valence-electron chi connectivity index (χ4n) is 1.36. The minimum absolute atomic E-state index is 0.356. The van der Waals surface area contributed by atoms with Crippen molar-refractivity contribution in [3.8, 4) is 0 Å². The molecule has 0 aliphatic carbocycles. The monoisotopic (exact) mass is 292 g/mol. The van der Waals surface area contributed by atoms with Crippen LogP contribution in [0.4, 0.5) is 0 Å². The molecule has 0 heterocycles. The maximum atomic E-state index is 11.8. The third-order valence-corrected chi connectivity index (χ3v) is 2.20. The van der Waals surface area contributed by atoms with E-state index in [0.29, 0.717) is 6.29 Å². The average molecular weight is 292 g/mol. The topological polar surface area (TPSA) is 114 Å². The van der Waals surface area contributed by atoms with Gasteiger partial charge in [-0.25, -0.2) is 14.6 Å². The van der Waals surface area contributed by atoms with Gasteiger partial charge in [-0.15, -0.1) is 0 Å². The van der Waals surface area contributed by atoms with Crippen LogP contribution in [0.15, 0.2) is 0 Å². The Balaban J connectivity index is 5.16. The van der Waals surface area contributed by atoms with Gasteiger partial charge in [0.25, 0.3) is 0 Å². The normalized spacial score (nSPS) is 12.9. The minimum atomic E-state index is -2.05. The highest BCUT2D eigenvalue weighted by Gasteiger charge is 2.47. The molecule has 0 aromatic rings. The number of carbonyl (C=O) groups is 4. The van der Waals surface area contributed by atoms with Crippen molar-refractivity contribution in [1.82, 2.24) is 0 Å². The summed E-state index contributed by atoms with van der Waals surface area (Å²) in [5, 5.41) is 0. The zero-order valence-electron chi connectivity index (χ0n) is 11.4. The minimum Gasteiger partial charge on any atom is -0.469 e. The van der Waals surface area contributed by atoms with Gasteiger partial charge in [0.1, 0.15) is 6.61 Å².